The number of hydrogen-bond donors (Lipinski definition) is 0. The molecule has 2 atom stereocenters. The molecule has 0 N–H and O–H groups in total. The number of hydrogen-bond acceptors (Lipinski definition) is 6. The number of aliphatic imine (C=N–C) groups is 1. The van der Waals surface area contributed by atoms with Crippen LogP contribution in [0.15, 0.2) is 64.1 Å². The number of amidine groups is 1. The van der Waals surface area contributed by atoms with Gasteiger partial charge < -0.3 is 19.6 Å². The van der Waals surface area contributed by atoms with Crippen molar-refractivity contribution in [2.45, 2.75) is 53.1 Å². The van der Waals surface area contributed by atoms with Crippen molar-refractivity contribution in [3.8, 4) is 0 Å². The van der Waals surface area contributed by atoms with Gasteiger partial charge in [0.05, 0.1) is 6.04 Å². The molecule has 0 bridgehead atoms. The molecule has 3 aliphatic rings. The summed E-state index contributed by atoms with van der Waals surface area (Å²) in [5, 5.41) is 2.06. The molecule has 2 aromatic rings. The van der Waals surface area contributed by atoms with E-state index in [1.54, 1.807) is 21.6 Å². The van der Waals surface area contributed by atoms with E-state index in [2.05, 4.69) is 25.7 Å². The first-order valence-electron chi connectivity index (χ1n) is 15.4. The average Bonchev–Trinajstić information content (AvgIpc) is 3.49. The minimum atomic E-state index is -0.662. The van der Waals surface area contributed by atoms with Crippen LogP contribution in [0.25, 0.3) is 0 Å². The van der Waals surface area contributed by atoms with E-state index < -0.39 is 5.54 Å². The first kappa shape index (κ1) is 33.4. The second-order valence-corrected chi connectivity index (χ2v) is 14.7. The zero-order valence-electron chi connectivity index (χ0n) is 26.7. The first-order valence-corrected chi connectivity index (χ1v) is 17.0. The van der Waals surface area contributed by atoms with Crippen LogP contribution in [-0.4, -0.2) is 81.8 Å². The summed E-state index contributed by atoms with van der Waals surface area (Å²) in [6.45, 7) is 14.3. The van der Waals surface area contributed by atoms with Crippen LogP contribution < -0.4 is 0 Å². The topological polar surface area (TPSA) is 76.5 Å². The summed E-state index contributed by atoms with van der Waals surface area (Å²) in [5.74, 6) is -0.0826. The minimum Gasteiger partial charge on any atom is -0.339 e. The zero-order chi connectivity index (χ0) is 32.6. The minimum absolute atomic E-state index is 0.00257. The smallest absolute Gasteiger partial charge is 0.263 e. The Morgan fingerprint density at radius 2 is 1.49 bits per heavy atom. The Hall–Kier alpha value is -3.01. The summed E-state index contributed by atoms with van der Waals surface area (Å²) in [5.41, 5.74) is 2.28. The lowest BCUT2D eigenvalue weighted by Crippen LogP contribution is -2.53. The van der Waals surface area contributed by atoms with E-state index in [0.717, 1.165) is 22.0 Å². The molecule has 240 valence electrons. The Balaban J connectivity index is 1.50. The Morgan fingerprint density at radius 3 is 2.02 bits per heavy atom. The average molecular weight is 671 g/mol. The molecular weight excluding hydrogens is 629 g/mol. The lowest BCUT2D eigenvalue weighted by atomic mass is 9.81. The van der Waals surface area contributed by atoms with E-state index in [-0.39, 0.29) is 42.1 Å². The van der Waals surface area contributed by atoms with Crippen molar-refractivity contribution in [3.63, 3.8) is 0 Å². The van der Waals surface area contributed by atoms with Gasteiger partial charge in [0.25, 0.3) is 5.91 Å². The molecule has 1 saturated heterocycles. The Bertz CT molecular complexity index is 1520. The van der Waals surface area contributed by atoms with Gasteiger partial charge in [-0.1, -0.05) is 75.2 Å². The number of piperazine rings is 1. The number of halogens is 2. The summed E-state index contributed by atoms with van der Waals surface area (Å²) >= 11 is 14.0. The number of rotatable bonds is 8. The van der Waals surface area contributed by atoms with Crippen LogP contribution in [-0.2, 0) is 19.9 Å². The number of nitrogens with zero attached hydrogens (tertiary/aromatic N) is 5. The van der Waals surface area contributed by atoms with Gasteiger partial charge >= 0.3 is 0 Å². The van der Waals surface area contributed by atoms with Crippen LogP contribution in [0.5, 0.6) is 0 Å². The molecule has 45 heavy (non-hydrogen) atoms. The summed E-state index contributed by atoms with van der Waals surface area (Å²) < 4.78 is 0. The van der Waals surface area contributed by atoms with E-state index in [4.69, 9.17) is 28.2 Å². The molecule has 3 aliphatic heterocycles. The van der Waals surface area contributed by atoms with Gasteiger partial charge in [0.1, 0.15) is 17.0 Å². The number of amides is 3. The molecule has 3 heterocycles. The van der Waals surface area contributed by atoms with Crippen LogP contribution in [0.3, 0.4) is 0 Å². The van der Waals surface area contributed by atoms with Crippen LogP contribution in [0.1, 0.15) is 58.7 Å². The maximum atomic E-state index is 14.5. The van der Waals surface area contributed by atoms with E-state index >= 15 is 0 Å². The van der Waals surface area contributed by atoms with Gasteiger partial charge in [-0.2, -0.15) is 0 Å². The third-order valence-corrected chi connectivity index (χ3v) is 10.2. The quantitative estimate of drug-likeness (QED) is 0.325. The number of carbonyl (C=O) groups excluding carboxylic acids is 3. The van der Waals surface area contributed by atoms with E-state index in [1.165, 1.54) is 11.8 Å². The highest BCUT2D eigenvalue weighted by Gasteiger charge is 2.53. The lowest BCUT2D eigenvalue weighted by molar-refractivity contribution is -0.142. The van der Waals surface area contributed by atoms with Crippen LogP contribution in [0.2, 0.25) is 10.0 Å². The van der Waals surface area contributed by atoms with Crippen molar-refractivity contribution in [1.29, 1.82) is 0 Å². The molecule has 3 amide bonds. The molecule has 0 aromatic heterocycles. The SMILES string of the molecule is CC(=O)N1CCN(C(=O)CN(CC(C)C)C(=O)C2=C(C(C)C)N3C(=NC(C)(c4ccc(Cl)cc4)C3c3ccc(Cl)cc3)S2)CC1. The highest BCUT2D eigenvalue weighted by atomic mass is 35.5. The number of thioether (sulfide) groups is 1. The third-order valence-electron chi connectivity index (χ3n) is 8.64. The molecule has 11 heteroatoms. The van der Waals surface area contributed by atoms with Crippen molar-refractivity contribution in [2.75, 3.05) is 39.3 Å². The van der Waals surface area contributed by atoms with Gasteiger partial charge in [-0.25, -0.2) is 4.99 Å². The summed E-state index contributed by atoms with van der Waals surface area (Å²) in [6, 6.07) is 15.4. The van der Waals surface area contributed by atoms with Gasteiger partial charge in [0, 0.05) is 55.4 Å². The monoisotopic (exact) mass is 669 g/mol. The summed E-state index contributed by atoms with van der Waals surface area (Å²) in [6.07, 6.45) is 0. The van der Waals surface area contributed by atoms with Gasteiger partial charge in [0.15, 0.2) is 5.17 Å². The van der Waals surface area contributed by atoms with Crippen molar-refractivity contribution >= 4 is 57.9 Å². The second-order valence-electron chi connectivity index (χ2n) is 12.8. The Kier molecular flexibility index (Phi) is 9.92. The molecule has 0 spiro atoms. The Morgan fingerprint density at radius 1 is 0.933 bits per heavy atom. The fourth-order valence-electron chi connectivity index (χ4n) is 6.40. The lowest BCUT2D eigenvalue weighted by Gasteiger charge is -2.37. The van der Waals surface area contributed by atoms with Crippen LogP contribution in [0.4, 0.5) is 0 Å². The number of carbonyl (C=O) groups is 3. The van der Waals surface area contributed by atoms with E-state index in [0.29, 0.717) is 47.7 Å². The maximum Gasteiger partial charge on any atom is 0.263 e. The highest BCUT2D eigenvalue weighted by Crippen LogP contribution is 2.56. The largest absolute Gasteiger partial charge is 0.339 e. The molecule has 2 aromatic carbocycles. The van der Waals surface area contributed by atoms with Crippen LogP contribution >= 0.6 is 35.0 Å². The van der Waals surface area contributed by atoms with Gasteiger partial charge in [0.2, 0.25) is 11.8 Å². The molecule has 0 aliphatic carbocycles. The third kappa shape index (κ3) is 6.76. The molecule has 1 fully saturated rings. The fraction of sp³-hybridized carbons (Fsp3) is 0.471. The second kappa shape index (κ2) is 13.4. The maximum absolute atomic E-state index is 14.5. The normalized spacial score (nSPS) is 21.5. The number of allylic oxidation sites excluding steroid dienone is 1. The molecular formula is C34H41Cl2N5O3S. The highest BCUT2D eigenvalue weighted by molar-refractivity contribution is 8.18. The zero-order valence-corrected chi connectivity index (χ0v) is 29.0. The van der Waals surface area contributed by atoms with Crippen LogP contribution in [0, 0.1) is 11.8 Å². The fourth-order valence-corrected chi connectivity index (χ4v) is 8.03. The number of benzene rings is 2. The standard InChI is InChI=1S/C34H41Cl2N5O3S/c1-21(2)19-40(20-28(43)39-17-15-38(16-18-39)23(5)42)32(44)30-29(22(3)4)41-31(24-7-11-26(35)12-8-24)34(6,37-33(41)45-30)25-9-13-27(36)14-10-25/h7-14,21-22,31H,15-20H2,1-6H3. The molecule has 5 rings (SSSR count). The summed E-state index contributed by atoms with van der Waals surface area (Å²) in [7, 11) is 0. The molecule has 8 nitrogen and oxygen atoms in total. The predicted molar refractivity (Wildman–Crippen MR) is 182 cm³/mol. The van der Waals surface area contributed by atoms with Crippen molar-refractivity contribution in [1.82, 2.24) is 19.6 Å². The van der Waals surface area contributed by atoms with Gasteiger partial charge in [-0.15, -0.1) is 0 Å². The van der Waals surface area contributed by atoms with E-state index in [9.17, 15) is 14.4 Å². The van der Waals surface area contributed by atoms with Gasteiger partial charge in [-0.3, -0.25) is 14.4 Å². The Labute approximate surface area is 280 Å². The summed E-state index contributed by atoms with van der Waals surface area (Å²) in [4.78, 5) is 53.0. The van der Waals surface area contributed by atoms with Crippen molar-refractivity contribution in [3.05, 3.63) is 80.3 Å². The van der Waals surface area contributed by atoms with Crippen molar-refractivity contribution < 1.29 is 14.4 Å². The van der Waals surface area contributed by atoms with Crippen molar-refractivity contribution in [2.24, 2.45) is 16.8 Å². The van der Waals surface area contributed by atoms with E-state index in [1.807, 2.05) is 62.4 Å². The van der Waals surface area contributed by atoms with Gasteiger partial charge in [-0.05, 0) is 65.9 Å². The molecule has 0 radical (unpaired) electrons. The molecule has 2 unspecified atom stereocenters. The molecule has 0 saturated carbocycles. The number of fused-ring (bicyclic) bond motifs is 1. The first-order chi connectivity index (χ1) is 21.3. The predicted octanol–water partition coefficient (Wildman–Crippen LogP) is 6.41.